The molecule has 1 fully saturated rings. The molecule has 3 rings (SSSR count). The zero-order valence-electron chi connectivity index (χ0n) is 14.8. The Morgan fingerprint density at radius 2 is 1.88 bits per heavy atom. The highest BCUT2D eigenvalue weighted by molar-refractivity contribution is 7.99. The molecule has 2 aromatic rings. The van der Waals surface area contributed by atoms with Crippen LogP contribution < -0.4 is 5.56 Å². The minimum Gasteiger partial charge on any atom is -0.493 e. The monoisotopic (exact) mass is 375 g/mol. The molecule has 1 aromatic carbocycles. The molecule has 0 saturated carbocycles. The molecule has 2 heterocycles. The minimum absolute atomic E-state index is 0.0388. The number of carbonyl (C=O) groups is 1. The number of benzene rings is 1. The molecule has 1 amide bonds. The predicted molar refractivity (Wildman–Crippen MR) is 99.1 cm³/mol. The lowest BCUT2D eigenvalue weighted by Gasteiger charge is -2.26. The van der Waals surface area contributed by atoms with Gasteiger partial charge in [-0.25, -0.2) is 0 Å². The fraction of sp³-hybridized carbons (Fsp3) is 0.389. The van der Waals surface area contributed by atoms with Gasteiger partial charge in [0, 0.05) is 13.1 Å². The number of aromatic hydroxyl groups is 1. The largest absolute Gasteiger partial charge is 0.493 e. The van der Waals surface area contributed by atoms with Gasteiger partial charge in [0.1, 0.15) is 0 Å². The van der Waals surface area contributed by atoms with Crippen LogP contribution in [-0.4, -0.2) is 57.5 Å². The van der Waals surface area contributed by atoms with Crippen molar-refractivity contribution in [3.8, 4) is 11.6 Å². The van der Waals surface area contributed by atoms with Crippen LogP contribution in [0, 0.1) is 13.8 Å². The van der Waals surface area contributed by atoms with Crippen molar-refractivity contribution in [1.82, 2.24) is 14.5 Å². The van der Waals surface area contributed by atoms with Gasteiger partial charge in [0.25, 0.3) is 5.56 Å². The molecular weight excluding hydrogens is 354 g/mol. The number of nitrogens with zero attached hydrogens (tertiary/aromatic N) is 3. The molecule has 1 aliphatic heterocycles. The fourth-order valence-corrected chi connectivity index (χ4v) is 3.53. The average Bonchev–Trinajstić information content (AvgIpc) is 2.66. The predicted octanol–water partition coefficient (Wildman–Crippen LogP) is 1.51. The van der Waals surface area contributed by atoms with E-state index in [1.165, 1.54) is 11.5 Å². The van der Waals surface area contributed by atoms with E-state index in [0.717, 1.165) is 17.3 Å². The molecule has 1 N–H and O–H groups in total. The van der Waals surface area contributed by atoms with Crippen molar-refractivity contribution >= 4 is 17.7 Å². The lowest BCUT2D eigenvalue weighted by atomic mass is 10.2. The van der Waals surface area contributed by atoms with Crippen LogP contribution in [0.3, 0.4) is 0 Å². The first-order chi connectivity index (χ1) is 12.5. The first kappa shape index (κ1) is 18.5. The van der Waals surface area contributed by atoms with Gasteiger partial charge in [-0.3, -0.25) is 14.2 Å². The van der Waals surface area contributed by atoms with Crippen LogP contribution in [0.25, 0.3) is 5.69 Å². The first-order valence-electron chi connectivity index (χ1n) is 8.35. The Morgan fingerprint density at radius 3 is 2.54 bits per heavy atom. The Bertz CT molecular complexity index is 858. The molecule has 0 aliphatic carbocycles. The van der Waals surface area contributed by atoms with Crippen LogP contribution in [-0.2, 0) is 9.53 Å². The summed E-state index contributed by atoms with van der Waals surface area (Å²) < 4.78 is 6.69. The highest BCUT2D eigenvalue weighted by Crippen LogP contribution is 2.23. The molecule has 1 aliphatic rings. The number of ether oxygens (including phenoxy) is 1. The molecule has 1 aromatic heterocycles. The van der Waals surface area contributed by atoms with Crippen LogP contribution in [0.5, 0.6) is 5.88 Å². The van der Waals surface area contributed by atoms with Gasteiger partial charge in [-0.15, -0.1) is 0 Å². The Balaban J connectivity index is 1.89. The summed E-state index contributed by atoms with van der Waals surface area (Å²) in [6, 6.07) is 7.44. The maximum atomic E-state index is 12.7. The molecule has 1 saturated heterocycles. The van der Waals surface area contributed by atoms with Crippen molar-refractivity contribution in [2.24, 2.45) is 0 Å². The lowest BCUT2D eigenvalue weighted by Crippen LogP contribution is -2.41. The van der Waals surface area contributed by atoms with Crippen molar-refractivity contribution in [3.63, 3.8) is 0 Å². The number of amides is 1. The van der Waals surface area contributed by atoms with E-state index < -0.39 is 0 Å². The second kappa shape index (κ2) is 7.92. The maximum absolute atomic E-state index is 12.7. The topological polar surface area (TPSA) is 84.7 Å². The van der Waals surface area contributed by atoms with Gasteiger partial charge in [-0.05, 0) is 26.0 Å². The van der Waals surface area contributed by atoms with E-state index in [2.05, 4.69) is 4.98 Å². The third-order valence-corrected chi connectivity index (χ3v) is 5.16. The Hall–Kier alpha value is -2.32. The summed E-state index contributed by atoms with van der Waals surface area (Å²) >= 11 is 1.14. The SMILES string of the molecule is Cc1ccc(-n2c(SCC(=O)N3CCOCC3)nc(O)c(C)c2=O)cc1. The first-order valence-corrected chi connectivity index (χ1v) is 9.34. The van der Waals surface area contributed by atoms with Gasteiger partial charge in [-0.2, -0.15) is 4.98 Å². The van der Waals surface area contributed by atoms with E-state index in [9.17, 15) is 14.7 Å². The molecule has 0 spiro atoms. The third-order valence-electron chi connectivity index (χ3n) is 4.23. The van der Waals surface area contributed by atoms with Crippen LogP contribution >= 0.6 is 11.8 Å². The average molecular weight is 375 g/mol. The molecule has 0 atom stereocenters. The zero-order valence-corrected chi connectivity index (χ0v) is 15.6. The Morgan fingerprint density at radius 1 is 1.23 bits per heavy atom. The van der Waals surface area contributed by atoms with Crippen molar-refractivity contribution in [2.45, 2.75) is 19.0 Å². The molecule has 26 heavy (non-hydrogen) atoms. The van der Waals surface area contributed by atoms with Crippen molar-refractivity contribution in [3.05, 3.63) is 45.7 Å². The van der Waals surface area contributed by atoms with E-state index >= 15 is 0 Å². The number of aromatic nitrogens is 2. The highest BCUT2D eigenvalue weighted by Gasteiger charge is 2.20. The second-order valence-corrected chi connectivity index (χ2v) is 7.04. The molecule has 8 heteroatoms. The van der Waals surface area contributed by atoms with Gasteiger partial charge >= 0.3 is 0 Å². The fourth-order valence-electron chi connectivity index (χ4n) is 2.62. The molecule has 138 valence electrons. The van der Waals surface area contributed by atoms with Crippen molar-refractivity contribution < 1.29 is 14.6 Å². The van der Waals surface area contributed by atoms with E-state index in [-0.39, 0.29) is 28.7 Å². The Kier molecular flexibility index (Phi) is 5.63. The van der Waals surface area contributed by atoms with E-state index in [0.29, 0.717) is 37.1 Å². The van der Waals surface area contributed by atoms with E-state index in [1.54, 1.807) is 4.90 Å². The molecular formula is C18H21N3O4S. The normalized spacial score (nSPS) is 14.5. The van der Waals surface area contributed by atoms with Crippen LogP contribution in [0.2, 0.25) is 0 Å². The van der Waals surface area contributed by atoms with Crippen LogP contribution in [0.4, 0.5) is 0 Å². The number of morpholine rings is 1. The van der Waals surface area contributed by atoms with Gasteiger partial charge in [0.05, 0.1) is 30.2 Å². The van der Waals surface area contributed by atoms with Gasteiger partial charge < -0.3 is 14.7 Å². The quantitative estimate of drug-likeness (QED) is 0.644. The number of thioether (sulfide) groups is 1. The summed E-state index contributed by atoms with van der Waals surface area (Å²) in [5, 5.41) is 10.3. The highest BCUT2D eigenvalue weighted by atomic mass is 32.2. The van der Waals surface area contributed by atoms with Crippen LogP contribution in [0.1, 0.15) is 11.1 Å². The molecule has 0 radical (unpaired) electrons. The van der Waals surface area contributed by atoms with E-state index in [1.807, 2.05) is 31.2 Å². The summed E-state index contributed by atoms with van der Waals surface area (Å²) in [6.45, 7) is 5.70. The summed E-state index contributed by atoms with van der Waals surface area (Å²) in [5.74, 6) is -0.205. The van der Waals surface area contributed by atoms with Crippen molar-refractivity contribution in [1.29, 1.82) is 0 Å². The molecule has 0 unspecified atom stereocenters. The minimum atomic E-state index is -0.345. The second-order valence-electron chi connectivity index (χ2n) is 6.10. The van der Waals surface area contributed by atoms with Crippen LogP contribution in [0.15, 0.2) is 34.2 Å². The number of aryl methyl sites for hydroxylation is 1. The molecule has 0 bridgehead atoms. The summed E-state index contributed by atoms with van der Waals surface area (Å²) in [4.78, 5) is 30.9. The number of hydrogen-bond acceptors (Lipinski definition) is 6. The number of rotatable bonds is 4. The summed E-state index contributed by atoms with van der Waals surface area (Å²) in [6.07, 6.45) is 0. The van der Waals surface area contributed by atoms with E-state index in [4.69, 9.17) is 4.74 Å². The zero-order chi connectivity index (χ0) is 18.7. The van der Waals surface area contributed by atoms with Gasteiger partial charge in [-0.1, -0.05) is 29.5 Å². The summed E-state index contributed by atoms with van der Waals surface area (Å²) in [7, 11) is 0. The summed E-state index contributed by atoms with van der Waals surface area (Å²) in [5.41, 5.74) is 1.55. The lowest BCUT2D eigenvalue weighted by molar-refractivity contribution is -0.132. The molecule has 7 nitrogen and oxygen atoms in total. The van der Waals surface area contributed by atoms with Gasteiger partial charge in [0.2, 0.25) is 11.8 Å². The maximum Gasteiger partial charge on any atom is 0.265 e. The number of hydrogen-bond donors (Lipinski definition) is 1. The van der Waals surface area contributed by atoms with Crippen molar-refractivity contribution in [2.75, 3.05) is 32.1 Å². The Labute approximate surface area is 155 Å². The third kappa shape index (κ3) is 3.91. The standard InChI is InChI=1S/C18H21N3O4S/c1-12-3-5-14(6-4-12)21-17(24)13(2)16(23)19-18(21)26-11-15(22)20-7-9-25-10-8-20/h3-6,23H,7-11H2,1-2H3. The number of carbonyl (C=O) groups excluding carboxylic acids is 1. The van der Waals surface area contributed by atoms with Gasteiger partial charge in [0.15, 0.2) is 5.16 Å². The smallest absolute Gasteiger partial charge is 0.265 e.